The summed E-state index contributed by atoms with van der Waals surface area (Å²) in [5, 5.41) is 2.11. The largest absolute Gasteiger partial charge is 0.260 e. The molecule has 10 heavy (non-hydrogen) atoms. The number of hydrogen-bond acceptors (Lipinski definition) is 2. The molecule has 60 valence electrons. The second kappa shape index (κ2) is 9.05. The minimum absolute atomic E-state index is 1.12. The smallest absolute Gasteiger partial charge is 0.00615 e. The lowest BCUT2D eigenvalue weighted by atomic mass is 10.3. The van der Waals surface area contributed by atoms with Gasteiger partial charge in [0.25, 0.3) is 0 Å². The molecule has 0 unspecified atom stereocenters. The maximum Gasteiger partial charge on any atom is 0.00615 e. The summed E-state index contributed by atoms with van der Waals surface area (Å²) in [6.07, 6.45) is 5.82. The van der Waals surface area contributed by atoms with Gasteiger partial charge in [0, 0.05) is 6.54 Å². The van der Waals surface area contributed by atoms with E-state index in [0.29, 0.717) is 0 Å². The molecule has 0 fully saturated rings. The van der Waals surface area contributed by atoms with Gasteiger partial charge >= 0.3 is 0 Å². The van der Waals surface area contributed by atoms with Crippen LogP contribution in [0.15, 0.2) is 11.5 Å². The van der Waals surface area contributed by atoms with Crippen LogP contribution in [0, 0.1) is 0 Å². The van der Waals surface area contributed by atoms with E-state index in [4.69, 9.17) is 0 Å². The first-order valence-corrected chi connectivity index (χ1v) is 4.83. The Balaban J connectivity index is 2.83. The lowest BCUT2D eigenvalue weighted by molar-refractivity contribution is 0.777. The highest BCUT2D eigenvalue weighted by atomic mass is 32.2. The summed E-state index contributed by atoms with van der Waals surface area (Å²) in [5.41, 5.74) is 0. The monoisotopic (exact) mass is 159 g/mol. The number of nitrogens with one attached hydrogen (secondary N) is 1. The average Bonchev–Trinajstić information content (AvgIpc) is 1.97. The molecular formula is C8H17NS. The van der Waals surface area contributed by atoms with Crippen molar-refractivity contribution < 1.29 is 0 Å². The Labute approximate surface area is 68.4 Å². The summed E-state index contributed by atoms with van der Waals surface area (Å²) >= 11 is 1.69. The zero-order chi connectivity index (χ0) is 7.66. The Hall–Kier alpha value is 0.0500. The van der Waals surface area contributed by atoms with Crippen molar-refractivity contribution in [1.29, 1.82) is 0 Å². The first-order chi connectivity index (χ1) is 4.91. The molecule has 0 radical (unpaired) electrons. The Morgan fingerprint density at radius 3 is 2.80 bits per heavy atom. The van der Waals surface area contributed by atoms with Gasteiger partial charge in [-0.25, -0.2) is 0 Å². The third-order valence-corrected chi connectivity index (χ3v) is 1.82. The molecule has 0 aromatic heterocycles. The van der Waals surface area contributed by atoms with Crippen LogP contribution in [0.5, 0.6) is 0 Å². The highest BCUT2D eigenvalue weighted by molar-refractivity contribution is 8.00. The van der Waals surface area contributed by atoms with Gasteiger partial charge in [0.2, 0.25) is 0 Å². The van der Waals surface area contributed by atoms with Gasteiger partial charge in [0.15, 0.2) is 0 Å². The molecule has 0 rings (SSSR count). The molecule has 2 heteroatoms. The molecular weight excluding hydrogens is 142 g/mol. The van der Waals surface area contributed by atoms with Crippen molar-refractivity contribution >= 4 is 11.9 Å². The fourth-order valence-corrected chi connectivity index (χ4v) is 1.15. The van der Waals surface area contributed by atoms with Gasteiger partial charge in [0.05, 0.1) is 0 Å². The van der Waals surface area contributed by atoms with E-state index in [9.17, 15) is 0 Å². The third-order valence-electron chi connectivity index (χ3n) is 1.12. The van der Waals surface area contributed by atoms with Gasteiger partial charge < -0.3 is 0 Å². The highest BCUT2D eigenvalue weighted by Crippen LogP contribution is 1.96. The lowest BCUT2D eigenvalue weighted by Crippen LogP contribution is -2.02. The van der Waals surface area contributed by atoms with E-state index in [2.05, 4.69) is 30.1 Å². The molecule has 0 aromatic rings. The van der Waals surface area contributed by atoms with Crippen LogP contribution in [0.3, 0.4) is 0 Å². The molecule has 1 nitrogen and oxygen atoms in total. The number of rotatable bonds is 6. The fourth-order valence-electron chi connectivity index (χ4n) is 0.500. The van der Waals surface area contributed by atoms with Crippen molar-refractivity contribution in [3.05, 3.63) is 11.5 Å². The van der Waals surface area contributed by atoms with Crippen molar-refractivity contribution in [1.82, 2.24) is 4.72 Å². The number of unbranched alkanes of at least 4 members (excludes halogenated alkanes) is 1. The van der Waals surface area contributed by atoms with Crippen molar-refractivity contribution in [2.24, 2.45) is 0 Å². The van der Waals surface area contributed by atoms with Crippen molar-refractivity contribution in [2.45, 2.75) is 33.1 Å². The molecule has 0 heterocycles. The Morgan fingerprint density at radius 1 is 1.40 bits per heavy atom. The van der Waals surface area contributed by atoms with Crippen LogP contribution >= 0.6 is 11.9 Å². The minimum atomic E-state index is 1.12. The molecule has 0 aliphatic rings. The van der Waals surface area contributed by atoms with Gasteiger partial charge in [-0.3, -0.25) is 4.72 Å². The molecule has 0 aliphatic carbocycles. The zero-order valence-electron chi connectivity index (χ0n) is 6.89. The predicted molar refractivity (Wildman–Crippen MR) is 49.9 cm³/mol. The van der Waals surface area contributed by atoms with Gasteiger partial charge in [-0.1, -0.05) is 38.3 Å². The SMILES string of the molecule is CCC=CSNCCCC. The first kappa shape index (κ1) is 10.0. The molecule has 0 aromatic carbocycles. The summed E-state index contributed by atoms with van der Waals surface area (Å²) in [7, 11) is 0. The minimum Gasteiger partial charge on any atom is -0.260 e. The number of hydrogen-bond donors (Lipinski definition) is 1. The van der Waals surface area contributed by atoms with Crippen molar-refractivity contribution in [2.75, 3.05) is 6.54 Å². The van der Waals surface area contributed by atoms with Crippen LogP contribution in [0.25, 0.3) is 0 Å². The van der Waals surface area contributed by atoms with E-state index in [1.54, 1.807) is 11.9 Å². The number of allylic oxidation sites excluding steroid dienone is 1. The molecule has 0 amide bonds. The summed E-state index contributed by atoms with van der Waals surface area (Å²) in [6.45, 7) is 5.46. The first-order valence-electron chi connectivity index (χ1n) is 3.95. The quantitative estimate of drug-likeness (QED) is 0.472. The topological polar surface area (TPSA) is 12.0 Å². The van der Waals surface area contributed by atoms with Crippen LogP contribution in [0.2, 0.25) is 0 Å². The van der Waals surface area contributed by atoms with Crippen LogP contribution in [0.4, 0.5) is 0 Å². The lowest BCUT2D eigenvalue weighted by Gasteiger charge is -1.96. The molecule has 0 aliphatic heterocycles. The van der Waals surface area contributed by atoms with Crippen LogP contribution in [-0.2, 0) is 0 Å². The Kier molecular flexibility index (Phi) is 9.10. The Bertz CT molecular complexity index is 81.3. The molecule has 0 saturated carbocycles. The van der Waals surface area contributed by atoms with E-state index in [0.717, 1.165) is 13.0 Å². The average molecular weight is 159 g/mol. The summed E-state index contributed by atoms with van der Waals surface area (Å²) < 4.78 is 3.25. The summed E-state index contributed by atoms with van der Waals surface area (Å²) in [6, 6.07) is 0. The van der Waals surface area contributed by atoms with Crippen molar-refractivity contribution in [3.8, 4) is 0 Å². The zero-order valence-corrected chi connectivity index (χ0v) is 7.71. The molecule has 0 bridgehead atoms. The van der Waals surface area contributed by atoms with E-state index in [1.165, 1.54) is 12.8 Å². The summed E-state index contributed by atoms with van der Waals surface area (Å²) in [4.78, 5) is 0. The normalized spacial score (nSPS) is 11.0. The second-order valence-electron chi connectivity index (χ2n) is 2.15. The molecule has 0 saturated heterocycles. The van der Waals surface area contributed by atoms with Crippen LogP contribution < -0.4 is 4.72 Å². The van der Waals surface area contributed by atoms with Gasteiger partial charge in [-0.15, -0.1) is 0 Å². The fraction of sp³-hybridized carbons (Fsp3) is 0.750. The maximum absolute atomic E-state index is 3.25. The van der Waals surface area contributed by atoms with Gasteiger partial charge in [0.1, 0.15) is 0 Å². The second-order valence-corrected chi connectivity index (χ2v) is 2.94. The predicted octanol–water partition coefficient (Wildman–Crippen LogP) is 2.95. The standard InChI is InChI=1S/C8H17NS/c1-3-5-7-9-10-8-6-4-2/h6,8-9H,3-5,7H2,1-2H3. The van der Waals surface area contributed by atoms with Crippen LogP contribution in [0.1, 0.15) is 33.1 Å². The van der Waals surface area contributed by atoms with E-state index < -0.39 is 0 Å². The molecule has 1 N–H and O–H groups in total. The Morgan fingerprint density at radius 2 is 2.20 bits per heavy atom. The van der Waals surface area contributed by atoms with Crippen molar-refractivity contribution in [3.63, 3.8) is 0 Å². The summed E-state index contributed by atoms with van der Waals surface area (Å²) in [5.74, 6) is 0. The van der Waals surface area contributed by atoms with E-state index in [-0.39, 0.29) is 0 Å². The molecule has 0 spiro atoms. The van der Waals surface area contributed by atoms with E-state index in [1.807, 2.05) is 0 Å². The van der Waals surface area contributed by atoms with E-state index >= 15 is 0 Å². The van der Waals surface area contributed by atoms with Gasteiger partial charge in [-0.05, 0) is 18.2 Å². The highest BCUT2D eigenvalue weighted by Gasteiger charge is 1.80. The van der Waals surface area contributed by atoms with Gasteiger partial charge in [-0.2, -0.15) is 0 Å². The molecule has 0 atom stereocenters. The van der Waals surface area contributed by atoms with Crippen LogP contribution in [-0.4, -0.2) is 6.54 Å². The maximum atomic E-state index is 3.25. The third kappa shape index (κ3) is 8.05.